The monoisotopic (exact) mass is 259 g/mol. The van der Waals surface area contributed by atoms with Crippen LogP contribution in [0.4, 0.5) is 20.2 Å². The third-order valence-electron chi connectivity index (χ3n) is 2.17. The molecule has 0 atom stereocenters. The largest absolute Gasteiger partial charge is 0.384 e. The van der Waals surface area contributed by atoms with Crippen molar-refractivity contribution in [2.45, 2.75) is 12.8 Å². The van der Waals surface area contributed by atoms with Crippen molar-refractivity contribution in [1.82, 2.24) is 0 Å². The third kappa shape index (κ3) is 3.65. The summed E-state index contributed by atoms with van der Waals surface area (Å²) >= 11 is 0. The maximum absolute atomic E-state index is 12.7. The van der Waals surface area contributed by atoms with Gasteiger partial charge in [0, 0.05) is 36.3 Å². The summed E-state index contributed by atoms with van der Waals surface area (Å²) in [4.78, 5) is 20.2. The Labute approximate surface area is 101 Å². The molecule has 0 unspecified atom stereocenters. The Hall–Kier alpha value is -2.25. The predicted octanol–water partition coefficient (Wildman–Crippen LogP) is 1.82. The van der Waals surface area contributed by atoms with Crippen LogP contribution in [0.5, 0.6) is 0 Å². The number of nitrogens with zero attached hydrogens (tertiary/aromatic N) is 1. The van der Waals surface area contributed by atoms with E-state index in [-0.39, 0.29) is 18.7 Å². The van der Waals surface area contributed by atoms with Crippen molar-refractivity contribution in [1.29, 1.82) is 0 Å². The van der Waals surface area contributed by atoms with Crippen molar-refractivity contribution in [2.75, 3.05) is 11.9 Å². The molecule has 1 aromatic carbocycles. The zero-order valence-electron chi connectivity index (χ0n) is 9.23. The van der Waals surface area contributed by atoms with Gasteiger partial charge in [-0.1, -0.05) is 0 Å². The first-order chi connectivity index (χ1) is 8.41. The van der Waals surface area contributed by atoms with Crippen LogP contribution in [-0.2, 0) is 4.79 Å². The minimum atomic E-state index is -2.85. The number of benzene rings is 1. The summed E-state index contributed by atoms with van der Waals surface area (Å²) in [5, 5.41) is 13.1. The van der Waals surface area contributed by atoms with E-state index in [9.17, 15) is 23.7 Å². The second-order valence-electron chi connectivity index (χ2n) is 3.47. The van der Waals surface area contributed by atoms with Gasteiger partial charge in [-0.05, 0) is 6.07 Å². The number of alkyl halides is 2. The Morgan fingerprint density at radius 3 is 2.67 bits per heavy atom. The Balaban J connectivity index is 2.90. The Morgan fingerprint density at radius 2 is 2.17 bits per heavy atom. The van der Waals surface area contributed by atoms with Gasteiger partial charge in [0.2, 0.25) is 5.91 Å². The normalized spacial score (nSPS) is 10.4. The first-order valence-corrected chi connectivity index (χ1v) is 5.00. The van der Waals surface area contributed by atoms with Gasteiger partial charge in [0.1, 0.15) is 0 Å². The van der Waals surface area contributed by atoms with Gasteiger partial charge >= 0.3 is 0 Å². The molecule has 0 fully saturated rings. The molecular formula is C10H11F2N3O3. The molecule has 0 saturated heterocycles. The van der Waals surface area contributed by atoms with Gasteiger partial charge in [0.05, 0.1) is 4.92 Å². The summed E-state index contributed by atoms with van der Waals surface area (Å²) in [7, 11) is 0. The van der Waals surface area contributed by atoms with Crippen LogP contribution in [0.3, 0.4) is 0 Å². The molecule has 18 heavy (non-hydrogen) atoms. The van der Waals surface area contributed by atoms with Crippen LogP contribution in [0.15, 0.2) is 18.2 Å². The second kappa shape index (κ2) is 5.89. The summed E-state index contributed by atoms with van der Waals surface area (Å²) in [6, 6.07) is 3.09. The lowest BCUT2D eigenvalue weighted by atomic mass is 10.1. The highest BCUT2D eigenvalue weighted by Crippen LogP contribution is 2.30. The third-order valence-corrected chi connectivity index (χ3v) is 2.17. The van der Waals surface area contributed by atoms with Crippen molar-refractivity contribution >= 4 is 17.3 Å². The second-order valence-corrected chi connectivity index (χ2v) is 3.47. The van der Waals surface area contributed by atoms with Crippen LogP contribution >= 0.6 is 0 Å². The van der Waals surface area contributed by atoms with Crippen molar-refractivity contribution in [3.8, 4) is 0 Å². The Morgan fingerprint density at radius 1 is 1.50 bits per heavy atom. The predicted molar refractivity (Wildman–Crippen MR) is 60.4 cm³/mol. The van der Waals surface area contributed by atoms with Gasteiger partial charge in [-0.25, -0.2) is 8.78 Å². The van der Waals surface area contributed by atoms with E-state index in [1.807, 2.05) is 0 Å². The van der Waals surface area contributed by atoms with Crippen molar-refractivity contribution < 1.29 is 18.5 Å². The van der Waals surface area contributed by atoms with E-state index < -0.39 is 28.5 Å². The van der Waals surface area contributed by atoms with E-state index in [1.54, 1.807) is 0 Å². The molecule has 0 aliphatic heterocycles. The van der Waals surface area contributed by atoms with Crippen LogP contribution in [0, 0.1) is 10.1 Å². The van der Waals surface area contributed by atoms with Gasteiger partial charge in [-0.15, -0.1) is 0 Å². The zero-order chi connectivity index (χ0) is 13.7. The maximum atomic E-state index is 12.7. The number of amides is 1. The molecule has 0 aliphatic carbocycles. The molecule has 0 aliphatic rings. The molecule has 0 spiro atoms. The van der Waals surface area contributed by atoms with Crippen LogP contribution in [0.1, 0.15) is 18.4 Å². The number of carbonyl (C=O) groups excluding carboxylic acids is 1. The fraction of sp³-hybridized carbons (Fsp3) is 0.300. The fourth-order valence-electron chi connectivity index (χ4n) is 1.33. The number of non-ortho nitro benzene ring substituents is 1. The van der Waals surface area contributed by atoms with E-state index in [1.165, 1.54) is 6.07 Å². The van der Waals surface area contributed by atoms with E-state index in [2.05, 4.69) is 5.32 Å². The number of hydrogen-bond acceptors (Lipinski definition) is 4. The summed E-state index contributed by atoms with van der Waals surface area (Å²) in [6.45, 7) is 0.0901. The molecule has 1 aromatic rings. The van der Waals surface area contributed by atoms with Crippen LogP contribution < -0.4 is 11.1 Å². The minimum Gasteiger partial charge on any atom is -0.384 e. The number of carbonyl (C=O) groups is 1. The highest BCUT2D eigenvalue weighted by molar-refractivity contribution is 5.74. The van der Waals surface area contributed by atoms with Crippen LogP contribution in [0.25, 0.3) is 0 Å². The van der Waals surface area contributed by atoms with E-state index in [4.69, 9.17) is 5.73 Å². The zero-order valence-corrected chi connectivity index (χ0v) is 9.23. The van der Waals surface area contributed by atoms with Crippen molar-refractivity contribution in [3.05, 3.63) is 33.9 Å². The number of halogens is 2. The SMILES string of the molecule is NC(=O)CCNc1ccc([N+](=O)[O-])cc1C(F)F. The van der Waals surface area contributed by atoms with Gasteiger partial charge in [-0.3, -0.25) is 14.9 Å². The standard InChI is InChI=1S/C10H11F2N3O3/c11-10(12)7-5-6(15(17)18)1-2-8(7)14-4-3-9(13)16/h1-2,5,10,14H,3-4H2,(H2,13,16). The summed E-state index contributed by atoms with van der Waals surface area (Å²) in [5.74, 6) is -0.567. The summed E-state index contributed by atoms with van der Waals surface area (Å²) < 4.78 is 25.4. The number of nitrogens with two attached hydrogens (primary N) is 1. The lowest BCUT2D eigenvalue weighted by Gasteiger charge is -2.10. The maximum Gasteiger partial charge on any atom is 0.270 e. The Bertz CT molecular complexity index is 466. The fourth-order valence-corrected chi connectivity index (χ4v) is 1.33. The first-order valence-electron chi connectivity index (χ1n) is 5.00. The molecule has 3 N–H and O–H groups in total. The first kappa shape index (κ1) is 13.8. The molecule has 0 aromatic heterocycles. The lowest BCUT2D eigenvalue weighted by Crippen LogP contribution is -2.16. The minimum absolute atomic E-state index is 0.0142. The van der Waals surface area contributed by atoms with Gasteiger partial charge < -0.3 is 11.1 Å². The molecule has 0 saturated carbocycles. The number of anilines is 1. The molecule has 1 amide bonds. The quantitative estimate of drug-likeness (QED) is 0.601. The van der Waals surface area contributed by atoms with Crippen LogP contribution in [0.2, 0.25) is 0 Å². The number of nitro groups is 1. The number of nitro benzene ring substituents is 1. The van der Waals surface area contributed by atoms with Crippen molar-refractivity contribution in [2.24, 2.45) is 5.73 Å². The molecule has 6 nitrogen and oxygen atoms in total. The molecular weight excluding hydrogens is 248 g/mol. The molecule has 1 rings (SSSR count). The van der Waals surface area contributed by atoms with Gasteiger partial charge in [0.25, 0.3) is 12.1 Å². The number of rotatable bonds is 6. The lowest BCUT2D eigenvalue weighted by molar-refractivity contribution is -0.385. The molecule has 0 bridgehead atoms. The number of hydrogen-bond donors (Lipinski definition) is 2. The highest BCUT2D eigenvalue weighted by Gasteiger charge is 2.17. The molecule has 98 valence electrons. The van der Waals surface area contributed by atoms with E-state index in [0.717, 1.165) is 12.1 Å². The highest BCUT2D eigenvalue weighted by atomic mass is 19.3. The number of primary amides is 1. The van der Waals surface area contributed by atoms with Crippen LogP contribution in [-0.4, -0.2) is 17.4 Å². The average Bonchev–Trinajstić information content (AvgIpc) is 2.28. The molecule has 8 heteroatoms. The number of nitrogens with one attached hydrogen (secondary N) is 1. The molecule has 0 heterocycles. The smallest absolute Gasteiger partial charge is 0.270 e. The van der Waals surface area contributed by atoms with E-state index >= 15 is 0 Å². The summed E-state index contributed by atoms with van der Waals surface area (Å²) in [6.07, 6.45) is -2.86. The van der Waals surface area contributed by atoms with Gasteiger partial charge in [-0.2, -0.15) is 0 Å². The summed E-state index contributed by atoms with van der Waals surface area (Å²) in [5.41, 5.74) is 4.07. The average molecular weight is 259 g/mol. The molecule has 0 radical (unpaired) electrons. The topological polar surface area (TPSA) is 98.3 Å². The van der Waals surface area contributed by atoms with Crippen molar-refractivity contribution in [3.63, 3.8) is 0 Å². The van der Waals surface area contributed by atoms with E-state index in [0.29, 0.717) is 0 Å². The Kier molecular flexibility index (Phi) is 4.52. The van der Waals surface area contributed by atoms with Gasteiger partial charge in [0.15, 0.2) is 0 Å².